The van der Waals surface area contributed by atoms with Gasteiger partial charge in [-0.25, -0.2) is 0 Å². The molecule has 10 heteroatoms. The number of rotatable bonds is 9. The van der Waals surface area contributed by atoms with Gasteiger partial charge in [0.2, 0.25) is 11.8 Å². The van der Waals surface area contributed by atoms with Crippen LogP contribution in [0.5, 0.6) is 0 Å². The van der Waals surface area contributed by atoms with Crippen LogP contribution in [0.25, 0.3) is 17.3 Å². The molecule has 48 heavy (non-hydrogen) atoms. The van der Waals surface area contributed by atoms with Crippen LogP contribution in [0.15, 0.2) is 128 Å². The molecular weight excluding hydrogens is 728 g/mol. The van der Waals surface area contributed by atoms with Crippen LogP contribution in [0, 0.1) is 0 Å². The summed E-state index contributed by atoms with van der Waals surface area (Å²) in [6.45, 7) is 0.968. The van der Waals surface area contributed by atoms with Crippen LogP contribution < -0.4 is 0 Å². The summed E-state index contributed by atoms with van der Waals surface area (Å²) < 4.78 is 38.8. The molecule has 1 aliphatic heterocycles. The molecule has 242 valence electrons. The molecule has 1 aliphatic rings. The number of aromatic nitrogens is 2. The van der Waals surface area contributed by atoms with Crippen LogP contribution in [-0.4, -0.2) is 37.6 Å². The fourth-order valence-electron chi connectivity index (χ4n) is 5.67. The lowest BCUT2D eigenvalue weighted by atomic mass is 10.0. The summed E-state index contributed by atoms with van der Waals surface area (Å²) in [7, 11) is 0. The van der Waals surface area contributed by atoms with E-state index in [1.54, 1.807) is 16.0 Å². The van der Waals surface area contributed by atoms with Gasteiger partial charge in [0.05, 0.1) is 9.62 Å². The topological polar surface area (TPSA) is 66.4 Å². The van der Waals surface area contributed by atoms with Crippen molar-refractivity contribution in [2.75, 3.05) is 0 Å². The van der Waals surface area contributed by atoms with Crippen molar-refractivity contribution in [1.82, 2.24) is 19.8 Å². The van der Waals surface area contributed by atoms with Crippen LogP contribution in [0.1, 0.15) is 37.4 Å². The van der Waals surface area contributed by atoms with Crippen molar-refractivity contribution < 1.29 is 22.8 Å². The predicted octanol–water partition coefficient (Wildman–Crippen LogP) is 8.29. The minimum atomic E-state index is -4.57. The Morgan fingerprint density at radius 1 is 0.833 bits per heavy atom. The van der Waals surface area contributed by atoms with Crippen LogP contribution in [0.2, 0.25) is 0 Å². The molecular formula is C38H30F3IN4O2. The van der Waals surface area contributed by atoms with Crippen molar-refractivity contribution in [2.45, 2.75) is 35.8 Å². The normalized spacial score (nSPS) is 14.0. The Kier molecular flexibility index (Phi) is 10.00. The Morgan fingerprint density at radius 2 is 1.50 bits per heavy atom. The van der Waals surface area contributed by atoms with Crippen molar-refractivity contribution in [3.05, 3.63) is 161 Å². The summed E-state index contributed by atoms with van der Waals surface area (Å²) >= 11 is 2.24. The monoisotopic (exact) mass is 758 g/mol. The number of carbonyl (C=O) groups excluding carboxylic acids is 2. The summed E-state index contributed by atoms with van der Waals surface area (Å²) in [5.74, 6) is -0.658. The van der Waals surface area contributed by atoms with Crippen LogP contribution >= 0.6 is 22.6 Å². The molecule has 6 rings (SSSR count). The van der Waals surface area contributed by atoms with Crippen LogP contribution in [-0.2, 0) is 35.4 Å². The summed E-state index contributed by atoms with van der Waals surface area (Å²) in [6, 6.07) is 32.0. The fraction of sp³-hybridized carbons (Fsp3) is 0.158. The Balaban J connectivity index is 1.36. The zero-order chi connectivity index (χ0) is 33.7. The molecule has 2 atom stereocenters. The molecule has 6 nitrogen and oxygen atoms in total. The van der Waals surface area contributed by atoms with Gasteiger partial charge in [0.15, 0.2) is 0 Å². The van der Waals surface area contributed by atoms with E-state index in [1.165, 1.54) is 18.2 Å². The fourth-order valence-corrected chi connectivity index (χ4v) is 6.78. The second-order valence-corrected chi connectivity index (χ2v) is 12.7. The molecule has 2 aromatic heterocycles. The number of fused-ring (bicyclic) bond motifs is 1. The lowest BCUT2D eigenvalue weighted by Gasteiger charge is -2.36. The first-order valence-corrected chi connectivity index (χ1v) is 16.5. The van der Waals surface area contributed by atoms with Crippen molar-refractivity contribution in [3.63, 3.8) is 0 Å². The summed E-state index contributed by atoms with van der Waals surface area (Å²) in [5.41, 5.74) is 4.82. The smallest absolute Gasteiger partial charge is 0.332 e. The zero-order valence-corrected chi connectivity index (χ0v) is 27.8. The van der Waals surface area contributed by atoms with Crippen molar-refractivity contribution >= 4 is 40.5 Å². The standard InChI is InChI=1S/C38H30F3IN4O2/c39-38(40,41)33-19-15-26(22-44-33)16-20-34(47)46(23-27-13-17-28(18-14-27)32-12-6-7-21-43-32)36(35(42)29-8-2-1-3-9-29)37(48)45-24-30-10-4-5-11-31(30)25-45/h1-22,35-36H,23-25H2. The molecule has 3 aromatic carbocycles. The molecule has 0 bridgehead atoms. The van der Waals surface area contributed by atoms with Gasteiger partial charge in [-0.3, -0.25) is 19.6 Å². The number of hydrogen-bond donors (Lipinski definition) is 0. The molecule has 0 saturated heterocycles. The van der Waals surface area contributed by atoms with E-state index in [0.717, 1.165) is 45.8 Å². The minimum absolute atomic E-state index is 0.112. The third-order valence-electron chi connectivity index (χ3n) is 8.18. The highest BCUT2D eigenvalue weighted by Gasteiger charge is 2.40. The van der Waals surface area contributed by atoms with Crippen LogP contribution in [0.4, 0.5) is 13.2 Å². The number of alkyl halides is 4. The third-order valence-corrected chi connectivity index (χ3v) is 9.58. The Bertz CT molecular complexity index is 1880. The van der Waals surface area contributed by atoms with Gasteiger partial charge in [0.25, 0.3) is 0 Å². The van der Waals surface area contributed by atoms with Crippen molar-refractivity contribution in [3.8, 4) is 11.3 Å². The number of carbonyl (C=O) groups is 2. The summed E-state index contributed by atoms with van der Waals surface area (Å²) in [5, 5.41) is 0. The maximum Gasteiger partial charge on any atom is 0.433 e. The highest BCUT2D eigenvalue weighted by Crippen LogP contribution is 2.35. The van der Waals surface area contributed by atoms with E-state index in [4.69, 9.17) is 0 Å². The lowest BCUT2D eigenvalue weighted by Crippen LogP contribution is -2.51. The molecule has 0 N–H and O–H groups in total. The largest absolute Gasteiger partial charge is 0.433 e. The van der Waals surface area contributed by atoms with Gasteiger partial charge in [-0.2, -0.15) is 13.2 Å². The average molecular weight is 759 g/mol. The first kappa shape index (κ1) is 33.1. The highest BCUT2D eigenvalue weighted by molar-refractivity contribution is 14.1. The van der Waals surface area contributed by atoms with E-state index in [9.17, 15) is 22.8 Å². The van der Waals surface area contributed by atoms with E-state index in [0.29, 0.717) is 18.7 Å². The second-order valence-electron chi connectivity index (χ2n) is 11.4. The van der Waals surface area contributed by atoms with E-state index < -0.39 is 27.7 Å². The van der Waals surface area contributed by atoms with E-state index in [2.05, 4.69) is 32.6 Å². The number of benzene rings is 3. The second kappa shape index (κ2) is 14.5. The molecule has 0 spiro atoms. The number of hydrogen-bond acceptors (Lipinski definition) is 4. The molecule has 0 aliphatic carbocycles. The molecule has 2 amide bonds. The van der Waals surface area contributed by atoms with Gasteiger partial charge in [0.1, 0.15) is 11.7 Å². The highest BCUT2D eigenvalue weighted by atomic mass is 127. The van der Waals surface area contributed by atoms with Gasteiger partial charge in [-0.05, 0) is 52.1 Å². The summed E-state index contributed by atoms with van der Waals surface area (Å²) in [6.07, 6.45) is 0.933. The molecule has 0 fully saturated rings. The number of pyridine rings is 2. The summed E-state index contributed by atoms with van der Waals surface area (Å²) in [4.78, 5) is 40.0. The Morgan fingerprint density at radius 3 is 2.10 bits per heavy atom. The molecule has 0 saturated carbocycles. The van der Waals surface area contributed by atoms with Crippen LogP contribution in [0.3, 0.4) is 0 Å². The maximum atomic E-state index is 14.6. The molecule has 3 heterocycles. The van der Waals surface area contributed by atoms with E-state index in [1.807, 2.05) is 97.1 Å². The molecule has 5 aromatic rings. The van der Waals surface area contributed by atoms with Gasteiger partial charge in [-0.1, -0.05) is 114 Å². The van der Waals surface area contributed by atoms with Gasteiger partial charge < -0.3 is 9.80 Å². The zero-order valence-electron chi connectivity index (χ0n) is 25.6. The predicted molar refractivity (Wildman–Crippen MR) is 186 cm³/mol. The lowest BCUT2D eigenvalue weighted by molar-refractivity contribution is -0.144. The Labute approximate surface area is 290 Å². The minimum Gasteiger partial charge on any atom is -0.332 e. The van der Waals surface area contributed by atoms with Crippen molar-refractivity contribution in [1.29, 1.82) is 0 Å². The van der Waals surface area contributed by atoms with Gasteiger partial charge in [-0.15, -0.1) is 0 Å². The van der Waals surface area contributed by atoms with E-state index in [-0.39, 0.29) is 12.5 Å². The number of amides is 2. The Hall–Kier alpha value is -4.84. The maximum absolute atomic E-state index is 14.6. The third kappa shape index (κ3) is 7.65. The molecule has 0 radical (unpaired) electrons. The first-order valence-electron chi connectivity index (χ1n) is 15.2. The van der Waals surface area contributed by atoms with Gasteiger partial charge in [0, 0.05) is 43.7 Å². The number of nitrogens with zero attached hydrogens (tertiary/aromatic N) is 4. The number of halogens is 4. The molecule has 2 unspecified atom stereocenters. The first-order chi connectivity index (χ1) is 23.2. The van der Waals surface area contributed by atoms with Crippen molar-refractivity contribution in [2.24, 2.45) is 0 Å². The quantitative estimate of drug-likeness (QED) is 0.0863. The SMILES string of the molecule is O=C(C(C(I)c1ccccc1)N(Cc1ccc(-c2ccccn2)cc1)C(=O)C=Cc1ccc(C(F)(F)F)nc1)N1Cc2ccccc2C1. The van der Waals surface area contributed by atoms with Gasteiger partial charge >= 0.3 is 6.18 Å². The average Bonchev–Trinajstić information content (AvgIpc) is 3.56. The van der Waals surface area contributed by atoms with E-state index >= 15 is 0 Å².